The van der Waals surface area contributed by atoms with Crippen molar-refractivity contribution in [3.63, 3.8) is 0 Å². The fourth-order valence-corrected chi connectivity index (χ4v) is 3.39. The highest BCUT2D eigenvalue weighted by molar-refractivity contribution is 7.03. The van der Waals surface area contributed by atoms with E-state index in [4.69, 9.17) is 4.42 Å². The summed E-state index contributed by atoms with van der Waals surface area (Å²) in [6.07, 6.45) is 3.09. The van der Waals surface area contributed by atoms with Gasteiger partial charge in [0.2, 0.25) is 0 Å². The predicted octanol–water partition coefficient (Wildman–Crippen LogP) is 2.93. The van der Waals surface area contributed by atoms with Crippen LogP contribution < -0.4 is 5.32 Å². The van der Waals surface area contributed by atoms with Crippen molar-refractivity contribution in [2.24, 2.45) is 0 Å². The minimum atomic E-state index is -0.919. The number of rotatable bonds is 7. The summed E-state index contributed by atoms with van der Waals surface area (Å²) in [4.78, 5) is 27.6. The number of halogens is 1. The molecule has 2 aromatic heterocycles. The van der Waals surface area contributed by atoms with Gasteiger partial charge in [-0.2, -0.15) is 0 Å². The second-order valence-electron chi connectivity index (χ2n) is 6.50. The highest BCUT2D eigenvalue weighted by atomic mass is 32.1. The number of nitrogens with one attached hydrogen (secondary N) is 1. The maximum Gasteiger partial charge on any atom is 0.276 e. The lowest BCUT2D eigenvalue weighted by molar-refractivity contribution is -0.126. The molecule has 1 aliphatic rings. The zero-order valence-corrected chi connectivity index (χ0v) is 15.6. The van der Waals surface area contributed by atoms with E-state index in [1.165, 1.54) is 23.3 Å². The predicted molar refractivity (Wildman–Crippen MR) is 98.8 cm³/mol. The summed E-state index contributed by atoms with van der Waals surface area (Å²) in [7, 11) is 0. The molecule has 1 fully saturated rings. The van der Waals surface area contributed by atoms with Crippen molar-refractivity contribution in [1.29, 1.82) is 0 Å². The van der Waals surface area contributed by atoms with Crippen LogP contribution in [0.3, 0.4) is 0 Å². The summed E-state index contributed by atoms with van der Waals surface area (Å²) in [6.45, 7) is 0.210. The second-order valence-corrected chi connectivity index (χ2v) is 7.11. The third-order valence-electron chi connectivity index (χ3n) is 4.47. The van der Waals surface area contributed by atoms with E-state index in [-0.39, 0.29) is 35.9 Å². The van der Waals surface area contributed by atoms with Gasteiger partial charge in [0.25, 0.3) is 11.8 Å². The van der Waals surface area contributed by atoms with Gasteiger partial charge in [0, 0.05) is 18.0 Å². The van der Waals surface area contributed by atoms with E-state index in [1.54, 1.807) is 29.6 Å². The molecular formula is C19H17FN4O3S. The lowest BCUT2D eigenvalue weighted by Crippen LogP contribution is -2.44. The van der Waals surface area contributed by atoms with E-state index in [0.29, 0.717) is 5.76 Å². The number of aromatic nitrogens is 2. The molecule has 4 rings (SSSR count). The third-order valence-corrected chi connectivity index (χ3v) is 4.98. The van der Waals surface area contributed by atoms with Gasteiger partial charge in [0.05, 0.1) is 6.26 Å². The average molecular weight is 400 g/mol. The molecule has 1 aliphatic carbocycles. The van der Waals surface area contributed by atoms with Gasteiger partial charge in [-0.05, 0) is 54.2 Å². The Kier molecular flexibility index (Phi) is 5.16. The van der Waals surface area contributed by atoms with Crippen LogP contribution in [0.5, 0.6) is 0 Å². The molecule has 0 spiro atoms. The fraction of sp³-hybridized carbons (Fsp3) is 0.263. The molecule has 1 atom stereocenters. The van der Waals surface area contributed by atoms with E-state index < -0.39 is 6.04 Å². The van der Waals surface area contributed by atoms with Crippen molar-refractivity contribution in [3.05, 3.63) is 70.9 Å². The van der Waals surface area contributed by atoms with Crippen molar-refractivity contribution >= 4 is 23.3 Å². The maximum atomic E-state index is 13.1. The van der Waals surface area contributed by atoms with Crippen LogP contribution in [-0.4, -0.2) is 32.3 Å². The van der Waals surface area contributed by atoms with Gasteiger partial charge < -0.3 is 14.6 Å². The van der Waals surface area contributed by atoms with E-state index >= 15 is 0 Å². The Labute approximate surface area is 164 Å². The summed E-state index contributed by atoms with van der Waals surface area (Å²) < 4.78 is 22.3. The summed E-state index contributed by atoms with van der Waals surface area (Å²) in [5.41, 5.74) is 0.959. The molecule has 0 radical (unpaired) electrons. The normalized spacial score (nSPS) is 14.5. The van der Waals surface area contributed by atoms with E-state index in [1.807, 2.05) is 0 Å². The van der Waals surface area contributed by atoms with Crippen LogP contribution in [0.1, 0.15) is 40.7 Å². The van der Waals surface area contributed by atoms with Crippen molar-refractivity contribution in [2.45, 2.75) is 31.5 Å². The molecule has 144 valence electrons. The van der Waals surface area contributed by atoms with Gasteiger partial charge in [-0.25, -0.2) is 4.39 Å². The molecule has 0 unspecified atom stereocenters. The number of furan rings is 1. The number of nitrogens with zero attached hydrogens (tertiary/aromatic N) is 3. The molecular weight excluding hydrogens is 383 g/mol. The Morgan fingerprint density at radius 3 is 2.68 bits per heavy atom. The Morgan fingerprint density at radius 2 is 2.07 bits per heavy atom. The van der Waals surface area contributed by atoms with E-state index in [9.17, 15) is 14.0 Å². The van der Waals surface area contributed by atoms with Crippen LogP contribution in [0.4, 0.5) is 4.39 Å². The highest BCUT2D eigenvalue weighted by Crippen LogP contribution is 2.36. The van der Waals surface area contributed by atoms with Gasteiger partial charge in [0.15, 0.2) is 11.7 Å². The summed E-state index contributed by atoms with van der Waals surface area (Å²) in [6, 6.07) is 8.24. The zero-order valence-electron chi connectivity index (χ0n) is 14.7. The standard InChI is InChI=1S/C19H17FN4O3S/c20-13-5-3-12(4-6-13)10-21-18(25)17(16-2-1-9-27-16)24(14-7-8-14)19(26)15-11-28-23-22-15/h1-6,9,11,14,17H,7-8,10H2,(H,21,25)/t17-/m0/s1. The van der Waals surface area contributed by atoms with Gasteiger partial charge in [0.1, 0.15) is 11.6 Å². The van der Waals surface area contributed by atoms with Crippen LogP contribution in [0.2, 0.25) is 0 Å². The summed E-state index contributed by atoms with van der Waals surface area (Å²) in [5, 5.41) is 8.24. The molecule has 1 N–H and O–H groups in total. The van der Waals surface area contributed by atoms with Crippen LogP contribution in [0.25, 0.3) is 0 Å². The van der Waals surface area contributed by atoms with Gasteiger partial charge in [-0.3, -0.25) is 9.59 Å². The van der Waals surface area contributed by atoms with Gasteiger partial charge in [-0.1, -0.05) is 16.6 Å². The highest BCUT2D eigenvalue weighted by Gasteiger charge is 2.43. The first-order valence-corrected chi connectivity index (χ1v) is 9.62. The van der Waals surface area contributed by atoms with E-state index in [0.717, 1.165) is 29.9 Å². The quantitative estimate of drug-likeness (QED) is 0.659. The number of benzene rings is 1. The first-order chi connectivity index (χ1) is 13.6. The second kappa shape index (κ2) is 7.89. The van der Waals surface area contributed by atoms with Gasteiger partial charge >= 0.3 is 0 Å². The first-order valence-electron chi connectivity index (χ1n) is 8.79. The fourth-order valence-electron chi connectivity index (χ4n) is 2.96. The lowest BCUT2D eigenvalue weighted by Gasteiger charge is -2.29. The Balaban J connectivity index is 1.58. The summed E-state index contributed by atoms with van der Waals surface area (Å²) in [5.74, 6) is -0.691. The molecule has 2 amide bonds. The Bertz CT molecular complexity index is 940. The topological polar surface area (TPSA) is 88.3 Å². The molecule has 28 heavy (non-hydrogen) atoms. The maximum absolute atomic E-state index is 13.1. The number of carbonyl (C=O) groups excluding carboxylic acids is 2. The van der Waals surface area contributed by atoms with Gasteiger partial charge in [-0.15, -0.1) is 5.10 Å². The van der Waals surface area contributed by atoms with Crippen molar-refractivity contribution in [1.82, 2.24) is 19.8 Å². The van der Waals surface area contributed by atoms with Crippen LogP contribution >= 0.6 is 11.5 Å². The van der Waals surface area contributed by atoms with Crippen LogP contribution in [0, 0.1) is 5.82 Å². The van der Waals surface area contributed by atoms with Crippen molar-refractivity contribution < 1.29 is 18.4 Å². The number of hydrogen-bond acceptors (Lipinski definition) is 6. The number of hydrogen-bond donors (Lipinski definition) is 1. The number of amides is 2. The molecule has 9 heteroatoms. The largest absolute Gasteiger partial charge is 0.467 e. The smallest absolute Gasteiger partial charge is 0.276 e. The number of carbonyl (C=O) groups is 2. The minimum Gasteiger partial charge on any atom is -0.467 e. The molecule has 0 aliphatic heterocycles. The SMILES string of the molecule is O=C(NCc1ccc(F)cc1)[C@H](c1ccco1)N(C(=O)c1csnn1)C1CC1. The molecule has 1 aromatic carbocycles. The van der Waals surface area contributed by atoms with Crippen molar-refractivity contribution in [2.75, 3.05) is 0 Å². The monoisotopic (exact) mass is 400 g/mol. The Hall–Kier alpha value is -3.07. The molecule has 1 saturated carbocycles. The molecule has 2 heterocycles. The minimum absolute atomic E-state index is 0.0547. The Morgan fingerprint density at radius 1 is 1.29 bits per heavy atom. The average Bonchev–Trinajstić information content (AvgIpc) is 3.16. The van der Waals surface area contributed by atoms with Crippen LogP contribution in [0.15, 0.2) is 52.5 Å². The van der Waals surface area contributed by atoms with Crippen molar-refractivity contribution in [3.8, 4) is 0 Å². The molecule has 0 saturated heterocycles. The zero-order chi connectivity index (χ0) is 19.5. The molecule has 3 aromatic rings. The first kappa shape index (κ1) is 18.3. The van der Waals surface area contributed by atoms with E-state index in [2.05, 4.69) is 14.9 Å². The lowest BCUT2D eigenvalue weighted by atomic mass is 10.1. The molecule has 7 nitrogen and oxygen atoms in total. The molecule has 0 bridgehead atoms. The van der Waals surface area contributed by atoms with Crippen LogP contribution in [-0.2, 0) is 11.3 Å². The summed E-state index contributed by atoms with van der Waals surface area (Å²) >= 11 is 1.08. The third kappa shape index (κ3) is 3.94.